The highest BCUT2D eigenvalue weighted by Crippen LogP contribution is 2.35. The second kappa shape index (κ2) is 9.16. The maximum Gasteiger partial charge on any atom is 0.175 e. The topological polar surface area (TPSA) is 82.7 Å². The van der Waals surface area contributed by atoms with E-state index < -0.39 is 15.7 Å². The van der Waals surface area contributed by atoms with Crippen molar-refractivity contribution in [2.24, 2.45) is 0 Å². The quantitative estimate of drug-likeness (QED) is 0.274. The van der Waals surface area contributed by atoms with Gasteiger partial charge in [0.05, 0.1) is 39.5 Å². The van der Waals surface area contributed by atoms with Gasteiger partial charge in [-0.1, -0.05) is 40.5 Å². The summed E-state index contributed by atoms with van der Waals surface area (Å²) in [7, 11) is -3.46. The van der Waals surface area contributed by atoms with Crippen LogP contribution < -0.4 is 0 Å². The van der Waals surface area contributed by atoms with Gasteiger partial charge in [-0.2, -0.15) is 0 Å². The SMILES string of the molecule is Cc1cn(-c2c(F)cc(-c3cccc(S(C)(=O)=O)c3)cc2-n2nncc2-c2ccc(Cl)cc2Cl)cn1. The smallest absolute Gasteiger partial charge is 0.175 e. The number of halogens is 3. The van der Waals surface area contributed by atoms with Gasteiger partial charge in [0.25, 0.3) is 0 Å². The van der Waals surface area contributed by atoms with Crippen LogP contribution in [-0.2, 0) is 9.84 Å². The molecule has 0 unspecified atom stereocenters. The highest BCUT2D eigenvalue weighted by molar-refractivity contribution is 7.90. The van der Waals surface area contributed by atoms with E-state index in [1.165, 1.54) is 35.4 Å². The van der Waals surface area contributed by atoms with Crippen LogP contribution in [0, 0.1) is 12.7 Å². The van der Waals surface area contributed by atoms with Crippen molar-refractivity contribution in [3.05, 3.63) is 94.9 Å². The molecule has 0 N–H and O–H groups in total. The maximum absolute atomic E-state index is 15.8. The average Bonchev–Trinajstić information content (AvgIpc) is 3.47. The van der Waals surface area contributed by atoms with Gasteiger partial charge >= 0.3 is 0 Å². The molecule has 3 aromatic carbocycles. The Morgan fingerprint density at radius 2 is 1.81 bits per heavy atom. The van der Waals surface area contributed by atoms with Gasteiger partial charge in [-0.25, -0.2) is 22.5 Å². The molecule has 2 aromatic heterocycles. The number of nitrogens with zero attached hydrogens (tertiary/aromatic N) is 5. The first-order chi connectivity index (χ1) is 17.1. The molecule has 7 nitrogen and oxygen atoms in total. The van der Waals surface area contributed by atoms with Gasteiger partial charge in [-0.3, -0.25) is 0 Å². The van der Waals surface area contributed by atoms with E-state index in [1.807, 2.05) is 0 Å². The molecule has 0 radical (unpaired) electrons. The molecule has 0 aliphatic heterocycles. The summed E-state index contributed by atoms with van der Waals surface area (Å²) in [6.07, 6.45) is 5.85. The molecule has 0 aliphatic rings. The van der Waals surface area contributed by atoms with Gasteiger partial charge in [0.15, 0.2) is 9.84 Å². The van der Waals surface area contributed by atoms with Crippen LogP contribution in [0.5, 0.6) is 0 Å². The summed E-state index contributed by atoms with van der Waals surface area (Å²) in [5.41, 5.74) is 3.33. The van der Waals surface area contributed by atoms with E-state index >= 15 is 4.39 Å². The van der Waals surface area contributed by atoms with Gasteiger partial charge < -0.3 is 4.57 Å². The average molecular weight is 542 g/mol. The summed E-state index contributed by atoms with van der Waals surface area (Å²) in [5.74, 6) is -0.562. The summed E-state index contributed by atoms with van der Waals surface area (Å²) >= 11 is 12.5. The van der Waals surface area contributed by atoms with Crippen molar-refractivity contribution in [3.63, 3.8) is 0 Å². The van der Waals surface area contributed by atoms with Crippen LogP contribution in [-0.4, -0.2) is 39.2 Å². The van der Waals surface area contributed by atoms with Crippen molar-refractivity contribution in [3.8, 4) is 33.8 Å². The molecule has 0 spiro atoms. The Bertz CT molecular complexity index is 1730. The first kappa shape index (κ1) is 24.2. The molecule has 0 bridgehead atoms. The first-order valence-electron chi connectivity index (χ1n) is 10.6. The number of sulfone groups is 1. The lowest BCUT2D eigenvalue weighted by Gasteiger charge is -2.16. The zero-order chi connectivity index (χ0) is 25.6. The monoisotopic (exact) mass is 541 g/mol. The van der Waals surface area contributed by atoms with Crippen molar-refractivity contribution in [2.75, 3.05) is 6.26 Å². The van der Waals surface area contributed by atoms with Crippen LogP contribution in [0.4, 0.5) is 4.39 Å². The van der Waals surface area contributed by atoms with E-state index in [0.29, 0.717) is 43.8 Å². The number of hydrogen-bond donors (Lipinski definition) is 0. The molecule has 36 heavy (non-hydrogen) atoms. The minimum absolute atomic E-state index is 0.130. The van der Waals surface area contributed by atoms with Crippen molar-refractivity contribution in [1.29, 1.82) is 0 Å². The van der Waals surface area contributed by atoms with E-state index in [0.717, 1.165) is 6.26 Å². The molecule has 0 atom stereocenters. The summed E-state index contributed by atoms with van der Waals surface area (Å²) in [6, 6.07) is 14.4. The second-order valence-corrected chi connectivity index (χ2v) is 11.1. The predicted molar refractivity (Wildman–Crippen MR) is 137 cm³/mol. The fraction of sp³-hybridized carbons (Fsp3) is 0.0800. The van der Waals surface area contributed by atoms with Crippen LogP contribution >= 0.6 is 23.2 Å². The maximum atomic E-state index is 15.8. The van der Waals surface area contributed by atoms with E-state index in [9.17, 15) is 8.42 Å². The molecular formula is C25H18Cl2FN5O2S. The lowest BCUT2D eigenvalue weighted by molar-refractivity contribution is 0.602. The summed E-state index contributed by atoms with van der Waals surface area (Å²) in [5, 5.41) is 9.13. The molecule has 5 aromatic rings. The minimum Gasteiger partial charge on any atom is -0.301 e. The Morgan fingerprint density at radius 3 is 2.50 bits per heavy atom. The molecule has 182 valence electrons. The van der Waals surface area contributed by atoms with Gasteiger partial charge in [-0.05, 0) is 60.5 Å². The van der Waals surface area contributed by atoms with E-state index in [4.69, 9.17) is 23.2 Å². The summed E-state index contributed by atoms with van der Waals surface area (Å²) < 4.78 is 43.1. The summed E-state index contributed by atoms with van der Waals surface area (Å²) in [6.45, 7) is 1.80. The Balaban J connectivity index is 1.78. The van der Waals surface area contributed by atoms with Crippen LogP contribution in [0.15, 0.2) is 78.2 Å². The van der Waals surface area contributed by atoms with Gasteiger partial charge in [0.2, 0.25) is 0 Å². The highest BCUT2D eigenvalue weighted by atomic mass is 35.5. The van der Waals surface area contributed by atoms with Crippen molar-refractivity contribution in [1.82, 2.24) is 24.5 Å². The molecule has 0 fully saturated rings. The van der Waals surface area contributed by atoms with Gasteiger partial charge in [-0.15, -0.1) is 5.10 Å². The fourth-order valence-corrected chi connectivity index (χ4v) is 5.08. The van der Waals surface area contributed by atoms with Crippen LogP contribution in [0.25, 0.3) is 33.8 Å². The second-order valence-electron chi connectivity index (χ2n) is 8.20. The Kier molecular flexibility index (Phi) is 6.15. The van der Waals surface area contributed by atoms with Crippen molar-refractivity contribution in [2.45, 2.75) is 11.8 Å². The summed E-state index contributed by atoms with van der Waals surface area (Å²) in [4.78, 5) is 4.36. The molecule has 5 rings (SSSR count). The van der Waals surface area contributed by atoms with E-state index in [-0.39, 0.29) is 10.6 Å². The first-order valence-corrected chi connectivity index (χ1v) is 13.3. The Hall–Kier alpha value is -3.53. The van der Waals surface area contributed by atoms with Gasteiger partial charge in [0, 0.05) is 23.0 Å². The largest absolute Gasteiger partial charge is 0.301 e. The number of aryl methyl sites for hydroxylation is 1. The normalized spacial score (nSPS) is 11.7. The number of benzene rings is 3. The number of aromatic nitrogens is 5. The van der Waals surface area contributed by atoms with Gasteiger partial charge in [0.1, 0.15) is 11.5 Å². The molecule has 0 saturated carbocycles. The van der Waals surface area contributed by atoms with Crippen molar-refractivity contribution < 1.29 is 12.8 Å². The molecule has 0 amide bonds. The zero-order valence-electron chi connectivity index (χ0n) is 19.0. The van der Waals surface area contributed by atoms with Crippen LogP contribution in [0.3, 0.4) is 0 Å². The zero-order valence-corrected chi connectivity index (χ0v) is 21.4. The fourth-order valence-electron chi connectivity index (χ4n) is 3.91. The molecule has 0 aliphatic carbocycles. The molecule has 2 heterocycles. The minimum atomic E-state index is -3.46. The molecule has 0 saturated heterocycles. The molecular weight excluding hydrogens is 524 g/mol. The third-order valence-corrected chi connectivity index (χ3v) is 7.25. The predicted octanol–water partition coefficient (Wildman–Crippen LogP) is 5.94. The Morgan fingerprint density at radius 1 is 1.00 bits per heavy atom. The lowest BCUT2D eigenvalue weighted by Crippen LogP contribution is -2.08. The Labute approximate surface area is 216 Å². The third kappa shape index (κ3) is 4.53. The van der Waals surface area contributed by atoms with Crippen molar-refractivity contribution >= 4 is 33.0 Å². The van der Waals surface area contributed by atoms with E-state index in [1.54, 1.807) is 54.1 Å². The third-order valence-electron chi connectivity index (χ3n) is 5.59. The lowest BCUT2D eigenvalue weighted by atomic mass is 10.0. The standard InChI is InChI=1S/C25H18Cl2FN5O2S/c1-15-13-32(14-29-15)25-22(28)9-17(16-4-3-5-19(8-16)36(2,34)35)10-23(25)33-24(12-30-31-33)20-7-6-18(26)11-21(20)27/h3-14H,1-2H3. The number of rotatable bonds is 5. The van der Waals surface area contributed by atoms with Crippen LogP contribution in [0.2, 0.25) is 10.0 Å². The molecule has 11 heteroatoms. The number of hydrogen-bond acceptors (Lipinski definition) is 5. The number of imidazole rings is 1. The van der Waals surface area contributed by atoms with Crippen LogP contribution in [0.1, 0.15) is 5.69 Å². The highest BCUT2D eigenvalue weighted by Gasteiger charge is 2.21. The van der Waals surface area contributed by atoms with E-state index in [2.05, 4.69) is 15.3 Å².